The van der Waals surface area contributed by atoms with Gasteiger partial charge in [-0.25, -0.2) is 4.39 Å². The number of aliphatic imine (C=N–C) groups is 1. The summed E-state index contributed by atoms with van der Waals surface area (Å²) in [6, 6.07) is 7.09. The fourth-order valence-corrected chi connectivity index (χ4v) is 4.11. The Hall–Kier alpha value is -1.46. The SMILES string of the molecule is CN=C(NCCC(=O)NC1CCCC1)NCC(c1ccc(F)cc1)N1CCOCC1.I. The predicted molar refractivity (Wildman–Crippen MR) is 131 cm³/mol. The summed E-state index contributed by atoms with van der Waals surface area (Å²) in [7, 11) is 1.72. The lowest BCUT2D eigenvalue weighted by molar-refractivity contribution is -0.121. The molecule has 1 atom stereocenters. The van der Waals surface area contributed by atoms with Gasteiger partial charge in [0, 0.05) is 45.7 Å². The highest BCUT2D eigenvalue weighted by Gasteiger charge is 2.23. The second kappa shape index (κ2) is 13.8. The van der Waals surface area contributed by atoms with E-state index in [0.717, 1.165) is 31.5 Å². The van der Waals surface area contributed by atoms with Crippen molar-refractivity contribution in [1.29, 1.82) is 0 Å². The van der Waals surface area contributed by atoms with Gasteiger partial charge >= 0.3 is 0 Å². The van der Waals surface area contributed by atoms with Crippen LogP contribution in [0.1, 0.15) is 43.7 Å². The summed E-state index contributed by atoms with van der Waals surface area (Å²) < 4.78 is 18.9. The van der Waals surface area contributed by atoms with Crippen LogP contribution in [0.15, 0.2) is 29.3 Å². The van der Waals surface area contributed by atoms with Gasteiger partial charge < -0.3 is 20.7 Å². The zero-order chi connectivity index (χ0) is 21.2. The number of halogens is 2. The predicted octanol–water partition coefficient (Wildman–Crippen LogP) is 2.43. The normalized spacial score (nSPS) is 18.8. The first-order valence-electron chi connectivity index (χ1n) is 11.0. The van der Waals surface area contributed by atoms with E-state index in [-0.39, 0.29) is 41.7 Å². The first-order valence-corrected chi connectivity index (χ1v) is 11.0. The first-order chi connectivity index (χ1) is 14.7. The van der Waals surface area contributed by atoms with E-state index in [2.05, 4.69) is 25.8 Å². The lowest BCUT2D eigenvalue weighted by Gasteiger charge is -2.35. The maximum Gasteiger partial charge on any atom is 0.221 e. The Bertz CT molecular complexity index is 692. The number of guanidine groups is 1. The molecule has 1 heterocycles. The summed E-state index contributed by atoms with van der Waals surface area (Å²) in [5, 5.41) is 9.68. The molecular weight excluding hydrogens is 512 g/mol. The number of amides is 1. The molecule has 7 nitrogen and oxygen atoms in total. The summed E-state index contributed by atoms with van der Waals surface area (Å²) in [5.74, 6) is 0.507. The van der Waals surface area contributed by atoms with E-state index in [1.165, 1.54) is 25.0 Å². The third-order valence-corrected chi connectivity index (χ3v) is 5.79. The van der Waals surface area contributed by atoms with Crippen molar-refractivity contribution in [3.8, 4) is 0 Å². The van der Waals surface area contributed by atoms with Crippen molar-refractivity contribution in [3.63, 3.8) is 0 Å². The van der Waals surface area contributed by atoms with Crippen LogP contribution in [-0.2, 0) is 9.53 Å². The highest BCUT2D eigenvalue weighted by atomic mass is 127. The van der Waals surface area contributed by atoms with Crippen LogP contribution in [0.5, 0.6) is 0 Å². The van der Waals surface area contributed by atoms with Crippen LogP contribution in [-0.4, -0.2) is 69.2 Å². The van der Waals surface area contributed by atoms with Gasteiger partial charge in [0.2, 0.25) is 5.91 Å². The highest BCUT2D eigenvalue weighted by Crippen LogP contribution is 2.21. The Morgan fingerprint density at radius 2 is 1.87 bits per heavy atom. The summed E-state index contributed by atoms with van der Waals surface area (Å²) in [5.41, 5.74) is 1.05. The van der Waals surface area contributed by atoms with E-state index in [1.807, 2.05) is 12.1 Å². The topological polar surface area (TPSA) is 78.0 Å². The van der Waals surface area contributed by atoms with Gasteiger partial charge in [-0.2, -0.15) is 0 Å². The van der Waals surface area contributed by atoms with Crippen molar-refractivity contribution < 1.29 is 13.9 Å². The van der Waals surface area contributed by atoms with E-state index in [4.69, 9.17) is 4.74 Å². The number of nitrogens with one attached hydrogen (secondary N) is 3. The van der Waals surface area contributed by atoms with Crippen LogP contribution in [0.2, 0.25) is 0 Å². The fourth-order valence-electron chi connectivity index (χ4n) is 4.11. The van der Waals surface area contributed by atoms with E-state index in [0.29, 0.717) is 44.7 Å². The number of carbonyl (C=O) groups is 1. The number of ether oxygens (including phenoxy) is 1. The van der Waals surface area contributed by atoms with Crippen LogP contribution >= 0.6 is 24.0 Å². The Kier molecular flexibility index (Phi) is 11.5. The molecule has 3 rings (SSSR count). The van der Waals surface area contributed by atoms with E-state index >= 15 is 0 Å². The molecule has 1 aromatic carbocycles. The van der Waals surface area contributed by atoms with Crippen molar-refractivity contribution >= 4 is 35.8 Å². The molecule has 9 heteroatoms. The third kappa shape index (κ3) is 8.53. The highest BCUT2D eigenvalue weighted by molar-refractivity contribution is 14.0. The fraction of sp³-hybridized carbons (Fsp3) is 0.636. The number of rotatable bonds is 8. The van der Waals surface area contributed by atoms with E-state index in [9.17, 15) is 9.18 Å². The van der Waals surface area contributed by atoms with Gasteiger partial charge in [-0.1, -0.05) is 25.0 Å². The zero-order valence-electron chi connectivity index (χ0n) is 18.2. The minimum Gasteiger partial charge on any atom is -0.379 e. The molecule has 0 aromatic heterocycles. The van der Waals surface area contributed by atoms with Crippen molar-refractivity contribution in [1.82, 2.24) is 20.9 Å². The molecule has 2 aliphatic rings. The summed E-state index contributed by atoms with van der Waals surface area (Å²) in [4.78, 5) is 18.7. The van der Waals surface area contributed by atoms with Crippen molar-refractivity contribution in [2.45, 2.75) is 44.2 Å². The molecule has 1 aromatic rings. The molecular formula is C22H35FIN5O2. The first kappa shape index (κ1) is 25.8. The van der Waals surface area contributed by atoms with E-state index < -0.39 is 0 Å². The maximum absolute atomic E-state index is 13.4. The molecule has 31 heavy (non-hydrogen) atoms. The molecule has 1 unspecified atom stereocenters. The molecule has 1 amide bonds. The average molecular weight is 547 g/mol. The number of carbonyl (C=O) groups excluding carboxylic acids is 1. The Balaban J connectivity index is 0.00000341. The molecule has 1 saturated carbocycles. The quantitative estimate of drug-likeness (QED) is 0.265. The van der Waals surface area contributed by atoms with Crippen LogP contribution in [0.3, 0.4) is 0 Å². The van der Waals surface area contributed by atoms with Crippen LogP contribution < -0.4 is 16.0 Å². The van der Waals surface area contributed by atoms with Crippen molar-refractivity contribution in [3.05, 3.63) is 35.6 Å². The van der Waals surface area contributed by atoms with Crippen LogP contribution in [0, 0.1) is 5.82 Å². The Labute approximate surface area is 201 Å². The van der Waals surface area contributed by atoms with Crippen LogP contribution in [0.25, 0.3) is 0 Å². The molecule has 1 aliphatic heterocycles. The van der Waals surface area contributed by atoms with Gasteiger partial charge in [-0.3, -0.25) is 14.7 Å². The molecule has 0 bridgehead atoms. The largest absolute Gasteiger partial charge is 0.379 e. The number of hydrogen-bond acceptors (Lipinski definition) is 4. The number of nitrogens with zero attached hydrogens (tertiary/aromatic N) is 2. The molecule has 0 spiro atoms. The maximum atomic E-state index is 13.4. The molecule has 2 fully saturated rings. The number of hydrogen-bond donors (Lipinski definition) is 3. The minimum atomic E-state index is -0.235. The summed E-state index contributed by atoms with van der Waals surface area (Å²) in [6.45, 7) is 4.20. The number of benzene rings is 1. The second-order valence-corrected chi connectivity index (χ2v) is 7.89. The second-order valence-electron chi connectivity index (χ2n) is 7.89. The Morgan fingerprint density at radius 1 is 1.19 bits per heavy atom. The summed E-state index contributed by atoms with van der Waals surface area (Å²) in [6.07, 6.45) is 5.02. The van der Waals surface area contributed by atoms with Gasteiger partial charge in [0.1, 0.15) is 5.82 Å². The number of morpholine rings is 1. The van der Waals surface area contributed by atoms with Gasteiger partial charge in [0.25, 0.3) is 0 Å². The molecule has 1 aliphatic carbocycles. The molecule has 0 radical (unpaired) electrons. The molecule has 1 saturated heterocycles. The summed E-state index contributed by atoms with van der Waals surface area (Å²) >= 11 is 0. The van der Waals surface area contributed by atoms with Gasteiger partial charge in [0.15, 0.2) is 5.96 Å². The van der Waals surface area contributed by atoms with Gasteiger partial charge in [-0.15, -0.1) is 24.0 Å². The van der Waals surface area contributed by atoms with Gasteiger partial charge in [-0.05, 0) is 30.5 Å². The standard InChI is InChI=1S/C22H34FN5O2.HI/c1-24-22(25-11-10-21(29)27-19-4-2-3-5-19)26-16-20(28-12-14-30-15-13-28)17-6-8-18(23)9-7-17;/h6-9,19-20H,2-5,10-16H2,1H3,(H,27,29)(H2,24,25,26);1H. The smallest absolute Gasteiger partial charge is 0.221 e. The Morgan fingerprint density at radius 3 is 2.52 bits per heavy atom. The van der Waals surface area contributed by atoms with Gasteiger partial charge in [0.05, 0.1) is 19.3 Å². The monoisotopic (exact) mass is 547 g/mol. The lowest BCUT2D eigenvalue weighted by Crippen LogP contribution is -2.46. The third-order valence-electron chi connectivity index (χ3n) is 5.79. The molecule has 3 N–H and O–H groups in total. The average Bonchev–Trinajstić information content (AvgIpc) is 3.27. The molecule has 174 valence electrons. The van der Waals surface area contributed by atoms with Crippen LogP contribution in [0.4, 0.5) is 4.39 Å². The van der Waals surface area contributed by atoms with Crippen molar-refractivity contribution in [2.75, 3.05) is 46.4 Å². The van der Waals surface area contributed by atoms with Crippen molar-refractivity contribution in [2.24, 2.45) is 4.99 Å². The minimum absolute atomic E-state index is 0. The zero-order valence-corrected chi connectivity index (χ0v) is 20.6. The van der Waals surface area contributed by atoms with E-state index in [1.54, 1.807) is 7.05 Å². The lowest BCUT2D eigenvalue weighted by atomic mass is 10.0.